The van der Waals surface area contributed by atoms with E-state index in [2.05, 4.69) is 75.6 Å². The molecule has 7 heteroatoms. The summed E-state index contributed by atoms with van der Waals surface area (Å²) in [5.74, 6) is 1.87. The van der Waals surface area contributed by atoms with Crippen molar-refractivity contribution in [2.45, 2.75) is 63.8 Å². The third-order valence-electron chi connectivity index (χ3n) is 6.70. The van der Waals surface area contributed by atoms with Crippen LogP contribution in [0.3, 0.4) is 0 Å². The number of rotatable bonds is 6. The number of imidazole rings is 1. The molecule has 1 atom stereocenters. The van der Waals surface area contributed by atoms with E-state index in [0.29, 0.717) is 6.54 Å². The molecular formula is C27H34IN5O. The van der Waals surface area contributed by atoms with E-state index < -0.39 is 0 Å². The minimum absolute atomic E-state index is 0. The highest BCUT2D eigenvalue weighted by molar-refractivity contribution is 14.0. The van der Waals surface area contributed by atoms with E-state index in [4.69, 9.17) is 9.73 Å². The third kappa shape index (κ3) is 5.74. The fourth-order valence-corrected chi connectivity index (χ4v) is 5.15. The van der Waals surface area contributed by atoms with Crippen LogP contribution in [0.5, 0.6) is 5.75 Å². The van der Waals surface area contributed by atoms with Gasteiger partial charge in [0.25, 0.3) is 0 Å². The van der Waals surface area contributed by atoms with Crippen LogP contribution in [-0.4, -0.2) is 27.7 Å². The predicted molar refractivity (Wildman–Crippen MR) is 147 cm³/mol. The Morgan fingerprint density at radius 2 is 1.97 bits per heavy atom. The molecule has 0 amide bonds. The summed E-state index contributed by atoms with van der Waals surface area (Å²) in [7, 11) is 0. The first-order valence-corrected chi connectivity index (χ1v) is 12.1. The monoisotopic (exact) mass is 571 g/mol. The fraction of sp³-hybridized carbons (Fsp3) is 0.407. The van der Waals surface area contributed by atoms with Gasteiger partial charge in [0.2, 0.25) is 0 Å². The van der Waals surface area contributed by atoms with E-state index in [-0.39, 0.29) is 35.6 Å². The summed E-state index contributed by atoms with van der Waals surface area (Å²) in [6.07, 6.45) is 11.4. The topological polar surface area (TPSA) is 63.5 Å². The Morgan fingerprint density at radius 3 is 2.76 bits per heavy atom. The summed E-state index contributed by atoms with van der Waals surface area (Å²) in [6.45, 7) is 4.38. The highest BCUT2D eigenvalue weighted by Gasteiger charge is 2.43. The molecule has 34 heavy (non-hydrogen) atoms. The molecule has 1 saturated carbocycles. The minimum atomic E-state index is -0.0367. The largest absolute Gasteiger partial charge is 0.487 e. The predicted octanol–water partition coefficient (Wildman–Crippen LogP) is 5.44. The van der Waals surface area contributed by atoms with Crippen molar-refractivity contribution in [1.29, 1.82) is 0 Å². The zero-order valence-electron chi connectivity index (χ0n) is 19.7. The maximum Gasteiger partial charge on any atom is 0.192 e. The Balaban J connectivity index is 0.00000274. The van der Waals surface area contributed by atoms with E-state index in [0.717, 1.165) is 44.1 Å². The first-order chi connectivity index (χ1) is 16.2. The number of aromatic nitrogens is 2. The van der Waals surface area contributed by atoms with Crippen molar-refractivity contribution in [2.24, 2.45) is 4.99 Å². The average Bonchev–Trinajstić information content (AvgIpc) is 3.50. The summed E-state index contributed by atoms with van der Waals surface area (Å²) < 4.78 is 8.61. The zero-order valence-corrected chi connectivity index (χ0v) is 22.1. The molecule has 1 spiro atoms. The Bertz CT molecular complexity index is 1090. The van der Waals surface area contributed by atoms with Crippen LogP contribution in [-0.2, 0) is 13.1 Å². The molecule has 5 rings (SSSR count). The zero-order chi connectivity index (χ0) is 22.5. The molecule has 2 aliphatic rings. The lowest BCUT2D eigenvalue weighted by Gasteiger charge is -2.40. The number of guanidine groups is 1. The number of aliphatic imine (C=N–C) groups is 1. The fourth-order valence-electron chi connectivity index (χ4n) is 5.15. The molecule has 1 aromatic heterocycles. The van der Waals surface area contributed by atoms with Crippen LogP contribution in [0, 0.1) is 0 Å². The van der Waals surface area contributed by atoms with Crippen LogP contribution in [0.2, 0.25) is 0 Å². The summed E-state index contributed by atoms with van der Waals surface area (Å²) in [4.78, 5) is 9.07. The van der Waals surface area contributed by atoms with Gasteiger partial charge in [0.05, 0.1) is 18.9 Å². The van der Waals surface area contributed by atoms with Gasteiger partial charge in [0.15, 0.2) is 5.96 Å². The van der Waals surface area contributed by atoms with Crippen molar-refractivity contribution in [3.05, 3.63) is 83.9 Å². The number of hydrogen-bond donors (Lipinski definition) is 2. The van der Waals surface area contributed by atoms with Crippen LogP contribution < -0.4 is 15.4 Å². The summed E-state index contributed by atoms with van der Waals surface area (Å²) in [5.41, 5.74) is 3.64. The van der Waals surface area contributed by atoms with Crippen molar-refractivity contribution in [3.63, 3.8) is 0 Å². The average molecular weight is 572 g/mol. The molecule has 0 saturated heterocycles. The Morgan fingerprint density at radius 1 is 1.15 bits per heavy atom. The van der Waals surface area contributed by atoms with E-state index in [1.54, 1.807) is 0 Å². The number of para-hydroxylation sites is 1. The van der Waals surface area contributed by atoms with Crippen molar-refractivity contribution in [1.82, 2.24) is 20.2 Å². The second-order valence-electron chi connectivity index (χ2n) is 9.18. The first kappa shape index (κ1) is 24.6. The number of hydrogen-bond acceptors (Lipinski definition) is 3. The molecule has 1 unspecified atom stereocenters. The van der Waals surface area contributed by atoms with Gasteiger partial charge in [0, 0.05) is 37.5 Å². The second-order valence-corrected chi connectivity index (χ2v) is 9.18. The molecule has 2 aromatic carbocycles. The maximum absolute atomic E-state index is 6.53. The summed E-state index contributed by atoms with van der Waals surface area (Å²) in [5, 5.41) is 7.18. The highest BCUT2D eigenvalue weighted by Crippen LogP contribution is 2.46. The lowest BCUT2D eigenvalue weighted by molar-refractivity contribution is 0.0396. The van der Waals surface area contributed by atoms with E-state index in [1.165, 1.54) is 29.5 Å². The molecule has 6 nitrogen and oxygen atoms in total. The quantitative estimate of drug-likeness (QED) is 0.235. The molecule has 1 fully saturated rings. The normalized spacial score (nSPS) is 18.6. The SMILES string of the molecule is CCNC(=NCc1cccc(Cn2ccnc2)c1)NC1CC2(CCCC2)Oc2ccccc21.I. The lowest BCUT2D eigenvalue weighted by atomic mass is 9.86. The van der Waals surface area contributed by atoms with Crippen LogP contribution >= 0.6 is 24.0 Å². The number of benzene rings is 2. The van der Waals surface area contributed by atoms with Gasteiger partial charge in [-0.25, -0.2) is 9.98 Å². The Hall–Kier alpha value is -2.55. The highest BCUT2D eigenvalue weighted by atomic mass is 127. The standard InChI is InChI=1S/C27H33N5O.HI/c1-2-29-26(30-18-21-8-7-9-22(16-21)19-32-15-14-28-20-32)31-24-17-27(12-5-6-13-27)33-25-11-4-3-10-23(24)25;/h3-4,7-11,14-16,20,24H,2,5-6,12-13,17-19H2,1H3,(H2,29,30,31);1H. The first-order valence-electron chi connectivity index (χ1n) is 12.1. The third-order valence-corrected chi connectivity index (χ3v) is 6.70. The molecule has 2 heterocycles. The number of fused-ring (bicyclic) bond motifs is 1. The molecule has 1 aliphatic carbocycles. The van der Waals surface area contributed by atoms with Crippen LogP contribution in [0.25, 0.3) is 0 Å². The minimum Gasteiger partial charge on any atom is -0.487 e. The second kappa shape index (κ2) is 11.3. The van der Waals surface area contributed by atoms with Gasteiger partial charge in [0.1, 0.15) is 11.4 Å². The van der Waals surface area contributed by atoms with E-state index in [1.807, 2.05) is 18.7 Å². The smallest absolute Gasteiger partial charge is 0.192 e. The molecule has 0 radical (unpaired) electrons. The van der Waals surface area contributed by atoms with Crippen molar-refractivity contribution in [3.8, 4) is 5.75 Å². The number of nitrogens with one attached hydrogen (secondary N) is 2. The summed E-state index contributed by atoms with van der Waals surface area (Å²) in [6, 6.07) is 17.3. The van der Waals surface area contributed by atoms with Gasteiger partial charge < -0.3 is 19.9 Å². The Kier molecular flexibility index (Phi) is 8.13. The molecule has 3 aromatic rings. The van der Waals surface area contributed by atoms with Crippen LogP contribution in [0.1, 0.15) is 61.8 Å². The van der Waals surface area contributed by atoms with E-state index in [9.17, 15) is 0 Å². The van der Waals surface area contributed by atoms with Crippen LogP contribution in [0.4, 0.5) is 0 Å². The van der Waals surface area contributed by atoms with Crippen molar-refractivity contribution < 1.29 is 4.74 Å². The molecule has 2 N–H and O–H groups in total. The number of nitrogens with zero attached hydrogens (tertiary/aromatic N) is 3. The summed E-state index contributed by atoms with van der Waals surface area (Å²) >= 11 is 0. The van der Waals surface area contributed by atoms with Crippen LogP contribution in [0.15, 0.2) is 72.2 Å². The molecule has 0 bridgehead atoms. The van der Waals surface area contributed by atoms with Gasteiger partial charge in [-0.1, -0.05) is 42.5 Å². The van der Waals surface area contributed by atoms with E-state index >= 15 is 0 Å². The van der Waals surface area contributed by atoms with Crippen molar-refractivity contribution >= 4 is 29.9 Å². The van der Waals surface area contributed by atoms with Gasteiger partial charge in [-0.2, -0.15) is 0 Å². The van der Waals surface area contributed by atoms with Gasteiger partial charge in [-0.05, 0) is 49.8 Å². The number of ether oxygens (including phenoxy) is 1. The lowest BCUT2D eigenvalue weighted by Crippen LogP contribution is -2.46. The van der Waals surface area contributed by atoms with Gasteiger partial charge >= 0.3 is 0 Å². The van der Waals surface area contributed by atoms with Gasteiger partial charge in [-0.15, -0.1) is 24.0 Å². The van der Waals surface area contributed by atoms with Gasteiger partial charge in [-0.3, -0.25) is 0 Å². The molecule has 1 aliphatic heterocycles. The molecule has 180 valence electrons. The van der Waals surface area contributed by atoms with Crippen molar-refractivity contribution in [2.75, 3.05) is 6.54 Å². The molecular weight excluding hydrogens is 537 g/mol. The Labute approximate surface area is 219 Å². The number of halogens is 1. The maximum atomic E-state index is 6.53.